The molecule has 0 spiro atoms. The second kappa shape index (κ2) is 4.85. The summed E-state index contributed by atoms with van der Waals surface area (Å²) < 4.78 is 7.19. The molecule has 2 atom stereocenters. The van der Waals surface area contributed by atoms with Crippen LogP contribution in [-0.2, 0) is 11.8 Å². The number of hydrogen-bond acceptors (Lipinski definition) is 4. The van der Waals surface area contributed by atoms with Crippen LogP contribution in [0.25, 0.3) is 0 Å². The Hall–Kier alpha value is -1.40. The van der Waals surface area contributed by atoms with Gasteiger partial charge in [-0.1, -0.05) is 0 Å². The Balaban J connectivity index is 2.11. The highest BCUT2D eigenvalue weighted by atomic mass is 16.5. The maximum absolute atomic E-state index is 12.2. The zero-order valence-corrected chi connectivity index (χ0v) is 10.0. The first kappa shape index (κ1) is 12.1. The van der Waals surface area contributed by atoms with Gasteiger partial charge in [0.2, 0.25) is 0 Å². The Morgan fingerprint density at radius 2 is 2.41 bits per heavy atom. The first-order chi connectivity index (χ1) is 8.11. The lowest BCUT2D eigenvalue weighted by molar-refractivity contribution is -0.0860. The lowest BCUT2D eigenvalue weighted by atomic mass is 10.2. The number of ether oxygens (including phenoxy) is 1. The molecule has 0 aromatic carbocycles. The number of hydrogen-bond donors (Lipinski definition) is 1. The van der Waals surface area contributed by atoms with E-state index in [9.17, 15) is 4.79 Å². The second-order valence-electron chi connectivity index (χ2n) is 4.35. The van der Waals surface area contributed by atoms with Crippen LogP contribution in [0.15, 0.2) is 12.5 Å². The molecule has 1 aliphatic rings. The molecule has 2 rings (SSSR count). The van der Waals surface area contributed by atoms with Gasteiger partial charge in [0, 0.05) is 20.1 Å². The number of aliphatic hydroxyl groups excluding tert-OH is 1. The summed E-state index contributed by atoms with van der Waals surface area (Å²) in [6.45, 7) is 2.79. The van der Waals surface area contributed by atoms with Crippen molar-refractivity contribution in [3.8, 4) is 0 Å². The summed E-state index contributed by atoms with van der Waals surface area (Å²) in [6, 6.07) is 0. The Morgan fingerprint density at radius 1 is 1.65 bits per heavy atom. The van der Waals surface area contributed by atoms with Crippen molar-refractivity contribution < 1.29 is 14.6 Å². The van der Waals surface area contributed by atoms with E-state index >= 15 is 0 Å². The average Bonchev–Trinajstić information content (AvgIpc) is 2.73. The molecular formula is C11H17N3O3. The number of amides is 1. The number of carbonyl (C=O) groups is 1. The predicted octanol–water partition coefficient (Wildman–Crippen LogP) is -0.358. The van der Waals surface area contributed by atoms with E-state index < -0.39 is 0 Å². The van der Waals surface area contributed by atoms with Gasteiger partial charge in [0.15, 0.2) is 0 Å². The summed E-state index contributed by atoms with van der Waals surface area (Å²) in [4.78, 5) is 17.8. The lowest BCUT2D eigenvalue weighted by Crippen LogP contribution is -2.50. The third kappa shape index (κ3) is 2.48. The summed E-state index contributed by atoms with van der Waals surface area (Å²) in [6.07, 6.45) is 2.80. The van der Waals surface area contributed by atoms with Gasteiger partial charge in [-0.25, -0.2) is 4.98 Å². The number of aryl methyl sites for hydroxylation is 1. The molecular weight excluding hydrogens is 222 g/mol. The SMILES string of the molecule is CC1CN(C(=O)c2cncn2C)CC(CO)O1. The van der Waals surface area contributed by atoms with E-state index in [0.29, 0.717) is 18.8 Å². The number of aromatic nitrogens is 2. The van der Waals surface area contributed by atoms with Crippen LogP contribution in [0, 0.1) is 0 Å². The van der Waals surface area contributed by atoms with Crippen LogP contribution in [0.1, 0.15) is 17.4 Å². The maximum atomic E-state index is 12.2. The van der Waals surface area contributed by atoms with Gasteiger partial charge in [-0.3, -0.25) is 4.79 Å². The minimum atomic E-state index is -0.295. The molecule has 1 saturated heterocycles. The number of morpholine rings is 1. The fourth-order valence-corrected chi connectivity index (χ4v) is 2.04. The zero-order chi connectivity index (χ0) is 12.4. The van der Waals surface area contributed by atoms with Gasteiger partial charge in [-0.2, -0.15) is 0 Å². The standard InChI is InChI=1S/C11H17N3O3/c1-8-4-14(5-9(6-15)17-8)11(16)10-3-12-7-13(10)2/h3,7-9,15H,4-6H2,1-2H3. The van der Waals surface area contributed by atoms with Gasteiger partial charge in [0.1, 0.15) is 5.69 Å². The van der Waals surface area contributed by atoms with E-state index in [0.717, 1.165) is 0 Å². The van der Waals surface area contributed by atoms with Gasteiger partial charge >= 0.3 is 0 Å². The molecule has 0 saturated carbocycles. The fourth-order valence-electron chi connectivity index (χ4n) is 2.04. The van der Waals surface area contributed by atoms with Crippen molar-refractivity contribution in [3.63, 3.8) is 0 Å². The van der Waals surface area contributed by atoms with Crippen molar-refractivity contribution >= 4 is 5.91 Å². The molecule has 2 heterocycles. The highest BCUT2D eigenvalue weighted by molar-refractivity contribution is 5.92. The molecule has 17 heavy (non-hydrogen) atoms. The smallest absolute Gasteiger partial charge is 0.272 e. The van der Waals surface area contributed by atoms with Gasteiger partial charge in [0.05, 0.1) is 31.3 Å². The number of carbonyl (C=O) groups excluding carboxylic acids is 1. The Morgan fingerprint density at radius 3 is 3.00 bits per heavy atom. The Bertz CT molecular complexity index is 404. The minimum absolute atomic E-state index is 0.0573. The molecule has 1 amide bonds. The molecule has 94 valence electrons. The van der Waals surface area contributed by atoms with Crippen LogP contribution >= 0.6 is 0 Å². The third-order valence-electron chi connectivity index (χ3n) is 2.85. The predicted molar refractivity (Wildman–Crippen MR) is 60.5 cm³/mol. The van der Waals surface area contributed by atoms with E-state index in [1.165, 1.54) is 0 Å². The van der Waals surface area contributed by atoms with Crippen molar-refractivity contribution in [2.24, 2.45) is 7.05 Å². The molecule has 1 aromatic heterocycles. The van der Waals surface area contributed by atoms with Crippen LogP contribution in [-0.4, -0.2) is 57.4 Å². The maximum Gasteiger partial charge on any atom is 0.272 e. The highest BCUT2D eigenvalue weighted by Gasteiger charge is 2.29. The molecule has 6 heteroatoms. The fraction of sp³-hybridized carbons (Fsp3) is 0.636. The highest BCUT2D eigenvalue weighted by Crippen LogP contribution is 2.13. The van der Waals surface area contributed by atoms with E-state index in [2.05, 4.69) is 4.98 Å². The molecule has 0 radical (unpaired) electrons. The first-order valence-electron chi connectivity index (χ1n) is 5.63. The normalized spacial score (nSPS) is 25.0. The monoisotopic (exact) mass is 239 g/mol. The van der Waals surface area contributed by atoms with Gasteiger partial charge in [0.25, 0.3) is 5.91 Å². The third-order valence-corrected chi connectivity index (χ3v) is 2.85. The average molecular weight is 239 g/mol. The molecule has 0 bridgehead atoms. The van der Waals surface area contributed by atoms with E-state index in [4.69, 9.17) is 9.84 Å². The Kier molecular flexibility index (Phi) is 3.44. The number of rotatable bonds is 2. The second-order valence-corrected chi connectivity index (χ2v) is 4.35. The summed E-state index contributed by atoms with van der Waals surface area (Å²) in [7, 11) is 1.79. The summed E-state index contributed by atoms with van der Waals surface area (Å²) in [5.41, 5.74) is 0.552. The van der Waals surface area contributed by atoms with Gasteiger partial charge < -0.3 is 19.3 Å². The minimum Gasteiger partial charge on any atom is -0.394 e. The molecule has 2 unspecified atom stereocenters. The van der Waals surface area contributed by atoms with Gasteiger partial charge in [-0.05, 0) is 6.92 Å². The van der Waals surface area contributed by atoms with Crippen LogP contribution in [0.2, 0.25) is 0 Å². The largest absolute Gasteiger partial charge is 0.394 e. The van der Waals surface area contributed by atoms with E-state index in [1.807, 2.05) is 6.92 Å². The number of imidazole rings is 1. The van der Waals surface area contributed by atoms with Crippen molar-refractivity contribution in [1.29, 1.82) is 0 Å². The van der Waals surface area contributed by atoms with Crippen molar-refractivity contribution in [2.45, 2.75) is 19.1 Å². The molecule has 1 N–H and O–H groups in total. The van der Waals surface area contributed by atoms with Crippen LogP contribution in [0.4, 0.5) is 0 Å². The molecule has 1 aromatic rings. The molecule has 1 fully saturated rings. The quantitative estimate of drug-likeness (QED) is 0.765. The van der Waals surface area contributed by atoms with Crippen LogP contribution in [0.3, 0.4) is 0 Å². The summed E-state index contributed by atoms with van der Waals surface area (Å²) >= 11 is 0. The van der Waals surface area contributed by atoms with Crippen LogP contribution in [0.5, 0.6) is 0 Å². The first-order valence-corrected chi connectivity index (χ1v) is 5.63. The number of aliphatic hydroxyl groups is 1. The topological polar surface area (TPSA) is 67.6 Å². The summed E-state index contributed by atoms with van der Waals surface area (Å²) in [5.74, 6) is -0.0707. The number of nitrogens with zero attached hydrogens (tertiary/aromatic N) is 3. The van der Waals surface area contributed by atoms with Gasteiger partial charge in [-0.15, -0.1) is 0 Å². The van der Waals surface area contributed by atoms with Crippen LogP contribution < -0.4 is 0 Å². The van der Waals surface area contributed by atoms with E-state index in [-0.39, 0.29) is 24.7 Å². The van der Waals surface area contributed by atoms with E-state index in [1.54, 1.807) is 29.0 Å². The van der Waals surface area contributed by atoms with Crippen molar-refractivity contribution in [2.75, 3.05) is 19.7 Å². The zero-order valence-electron chi connectivity index (χ0n) is 10.0. The van der Waals surface area contributed by atoms with Crippen molar-refractivity contribution in [3.05, 3.63) is 18.2 Å². The van der Waals surface area contributed by atoms with Crippen molar-refractivity contribution in [1.82, 2.24) is 14.5 Å². The molecule has 1 aliphatic heterocycles. The molecule has 0 aliphatic carbocycles. The Labute approximate surface area is 99.8 Å². The molecule has 6 nitrogen and oxygen atoms in total. The summed E-state index contributed by atoms with van der Waals surface area (Å²) in [5, 5.41) is 9.11. The lowest BCUT2D eigenvalue weighted by Gasteiger charge is -2.36.